The zero-order valence-corrected chi connectivity index (χ0v) is 8.56. The number of hydrogen-bond acceptors (Lipinski definition) is 0. The van der Waals surface area contributed by atoms with Gasteiger partial charge in [-0.1, -0.05) is 23.7 Å². The lowest BCUT2D eigenvalue weighted by atomic mass is 10.2. The average molecular weight is 201 g/mol. The van der Waals surface area contributed by atoms with Crippen molar-refractivity contribution in [1.82, 2.24) is 0 Å². The third-order valence-electron chi connectivity index (χ3n) is 1.95. The molecule has 0 spiro atoms. The number of hydrogen-bond donors (Lipinski definition) is 2. The van der Waals surface area contributed by atoms with Gasteiger partial charge in [0.25, 0.3) is 0 Å². The maximum Gasteiger partial charge on any atom is 0.101 e. The first kappa shape index (κ1) is 10.5. The SMILES string of the molecule is [NH3+]CCC[NH2+]Cc1ccc(Cl)cc1. The summed E-state index contributed by atoms with van der Waals surface area (Å²) in [5.41, 5.74) is 5.13. The van der Waals surface area contributed by atoms with E-state index >= 15 is 0 Å². The molecule has 0 amide bonds. The average Bonchev–Trinajstić information content (AvgIpc) is 2.15. The Labute approximate surface area is 84.1 Å². The molecule has 1 rings (SSSR count). The summed E-state index contributed by atoms with van der Waals surface area (Å²) in [6.45, 7) is 3.22. The van der Waals surface area contributed by atoms with E-state index in [0.29, 0.717) is 0 Å². The maximum atomic E-state index is 5.78. The van der Waals surface area contributed by atoms with Gasteiger partial charge >= 0.3 is 0 Å². The smallest absolute Gasteiger partial charge is 0.101 e. The maximum absolute atomic E-state index is 5.78. The summed E-state index contributed by atoms with van der Waals surface area (Å²) in [5, 5.41) is 3.11. The summed E-state index contributed by atoms with van der Waals surface area (Å²) in [7, 11) is 0. The van der Waals surface area contributed by atoms with Crippen molar-refractivity contribution in [3.63, 3.8) is 0 Å². The van der Waals surface area contributed by atoms with Gasteiger partial charge in [0.1, 0.15) is 6.54 Å². The van der Waals surface area contributed by atoms with Gasteiger partial charge in [-0.3, -0.25) is 0 Å². The van der Waals surface area contributed by atoms with Crippen LogP contribution in [0.1, 0.15) is 12.0 Å². The second-order valence-electron chi connectivity index (χ2n) is 3.12. The first-order chi connectivity index (χ1) is 6.33. The Morgan fingerprint density at radius 1 is 1.23 bits per heavy atom. The summed E-state index contributed by atoms with van der Waals surface area (Å²) in [4.78, 5) is 0. The Balaban J connectivity index is 2.25. The van der Waals surface area contributed by atoms with Gasteiger partial charge in [-0.25, -0.2) is 0 Å². The zero-order chi connectivity index (χ0) is 9.52. The van der Waals surface area contributed by atoms with Crippen molar-refractivity contribution in [2.75, 3.05) is 13.1 Å². The molecule has 0 aliphatic rings. The van der Waals surface area contributed by atoms with Crippen molar-refractivity contribution in [2.24, 2.45) is 0 Å². The van der Waals surface area contributed by atoms with Crippen LogP contribution in [-0.4, -0.2) is 13.1 Å². The van der Waals surface area contributed by atoms with Gasteiger partial charge in [0.15, 0.2) is 0 Å². The van der Waals surface area contributed by atoms with Crippen LogP contribution in [0.3, 0.4) is 0 Å². The number of benzene rings is 1. The largest absolute Gasteiger partial charge is 0.357 e. The lowest BCUT2D eigenvalue weighted by Gasteiger charge is -2.00. The van der Waals surface area contributed by atoms with Gasteiger partial charge in [-0.2, -0.15) is 0 Å². The predicted octanol–water partition coefficient (Wildman–Crippen LogP) is 0.0354. The van der Waals surface area contributed by atoms with Crippen LogP contribution in [0.25, 0.3) is 0 Å². The Kier molecular flexibility index (Phi) is 4.83. The van der Waals surface area contributed by atoms with E-state index in [0.717, 1.165) is 24.7 Å². The lowest BCUT2D eigenvalue weighted by molar-refractivity contribution is -0.672. The number of quaternary nitrogens is 2. The van der Waals surface area contributed by atoms with E-state index in [1.807, 2.05) is 12.1 Å². The normalized spacial score (nSPS) is 10.3. The molecule has 72 valence electrons. The third-order valence-corrected chi connectivity index (χ3v) is 2.20. The molecule has 0 heterocycles. The lowest BCUT2D eigenvalue weighted by Crippen LogP contribution is -2.83. The summed E-state index contributed by atoms with van der Waals surface area (Å²) in [6.07, 6.45) is 1.19. The minimum absolute atomic E-state index is 0.807. The zero-order valence-electron chi connectivity index (χ0n) is 7.80. The second-order valence-corrected chi connectivity index (χ2v) is 3.55. The monoisotopic (exact) mass is 200 g/mol. The predicted molar refractivity (Wildman–Crippen MR) is 54.3 cm³/mol. The highest BCUT2D eigenvalue weighted by atomic mass is 35.5. The first-order valence-corrected chi connectivity index (χ1v) is 5.06. The fourth-order valence-electron chi connectivity index (χ4n) is 1.18. The molecule has 5 N–H and O–H groups in total. The van der Waals surface area contributed by atoms with Crippen molar-refractivity contribution < 1.29 is 11.1 Å². The topological polar surface area (TPSA) is 44.2 Å². The van der Waals surface area contributed by atoms with E-state index in [-0.39, 0.29) is 0 Å². The molecule has 1 aromatic carbocycles. The van der Waals surface area contributed by atoms with Gasteiger partial charge in [-0.15, -0.1) is 0 Å². The van der Waals surface area contributed by atoms with Crippen molar-refractivity contribution in [3.05, 3.63) is 34.9 Å². The molecule has 0 unspecified atom stereocenters. The van der Waals surface area contributed by atoms with E-state index in [9.17, 15) is 0 Å². The Hall–Kier alpha value is -0.570. The van der Waals surface area contributed by atoms with E-state index in [4.69, 9.17) is 11.6 Å². The van der Waals surface area contributed by atoms with Crippen LogP contribution < -0.4 is 11.1 Å². The molecule has 1 aromatic rings. The Morgan fingerprint density at radius 3 is 2.54 bits per heavy atom. The minimum atomic E-state index is 0.807. The van der Waals surface area contributed by atoms with Gasteiger partial charge in [-0.05, 0) is 12.1 Å². The standard InChI is InChI=1S/C10H15ClN2/c11-10-4-2-9(3-5-10)8-13-7-1-6-12/h2-5,13H,1,6-8,12H2/p+2. The van der Waals surface area contributed by atoms with Crippen LogP contribution in [0, 0.1) is 0 Å². The van der Waals surface area contributed by atoms with E-state index in [1.165, 1.54) is 12.0 Å². The summed E-state index contributed by atoms with van der Waals surface area (Å²) >= 11 is 5.78. The molecule has 0 aliphatic carbocycles. The fourth-order valence-corrected chi connectivity index (χ4v) is 1.30. The molecular formula is C10H17ClN2+2. The summed E-state index contributed by atoms with van der Waals surface area (Å²) in [6, 6.07) is 8.02. The molecule has 0 fully saturated rings. The highest BCUT2D eigenvalue weighted by Crippen LogP contribution is 2.08. The van der Waals surface area contributed by atoms with Gasteiger partial charge in [0.2, 0.25) is 0 Å². The minimum Gasteiger partial charge on any atom is -0.357 e. The molecule has 0 saturated heterocycles. The Bertz CT molecular complexity index is 233. The molecule has 0 bridgehead atoms. The highest BCUT2D eigenvalue weighted by Gasteiger charge is 1.95. The molecule has 0 atom stereocenters. The van der Waals surface area contributed by atoms with Gasteiger partial charge in [0.05, 0.1) is 13.1 Å². The fraction of sp³-hybridized carbons (Fsp3) is 0.400. The van der Waals surface area contributed by atoms with Gasteiger partial charge < -0.3 is 11.1 Å². The number of halogens is 1. The van der Waals surface area contributed by atoms with Crippen molar-refractivity contribution >= 4 is 11.6 Å². The summed E-state index contributed by atoms with van der Waals surface area (Å²) < 4.78 is 0. The van der Waals surface area contributed by atoms with Gasteiger partial charge in [0, 0.05) is 17.0 Å². The van der Waals surface area contributed by atoms with Crippen LogP contribution in [0.2, 0.25) is 5.02 Å². The third kappa shape index (κ3) is 4.27. The molecule has 2 nitrogen and oxygen atoms in total. The van der Waals surface area contributed by atoms with E-state index < -0.39 is 0 Å². The number of nitrogens with two attached hydrogens (primary N) is 1. The van der Waals surface area contributed by atoms with E-state index in [1.54, 1.807) is 0 Å². The quantitative estimate of drug-likeness (QED) is 0.631. The Morgan fingerprint density at radius 2 is 1.92 bits per heavy atom. The summed E-state index contributed by atoms with van der Waals surface area (Å²) in [5.74, 6) is 0. The molecule has 13 heavy (non-hydrogen) atoms. The van der Waals surface area contributed by atoms with Crippen LogP contribution >= 0.6 is 11.6 Å². The van der Waals surface area contributed by atoms with Crippen molar-refractivity contribution in [3.8, 4) is 0 Å². The van der Waals surface area contributed by atoms with Crippen LogP contribution in [0.5, 0.6) is 0 Å². The molecule has 0 saturated carbocycles. The molecule has 0 aromatic heterocycles. The number of rotatable bonds is 5. The second kappa shape index (κ2) is 5.97. The molecular weight excluding hydrogens is 184 g/mol. The molecule has 0 radical (unpaired) electrons. The molecule has 3 heteroatoms. The first-order valence-electron chi connectivity index (χ1n) is 4.68. The van der Waals surface area contributed by atoms with E-state index in [2.05, 4.69) is 23.2 Å². The van der Waals surface area contributed by atoms with Crippen LogP contribution in [-0.2, 0) is 6.54 Å². The van der Waals surface area contributed by atoms with Crippen LogP contribution in [0.15, 0.2) is 24.3 Å². The molecule has 0 aliphatic heterocycles. The van der Waals surface area contributed by atoms with Crippen LogP contribution in [0.4, 0.5) is 0 Å². The van der Waals surface area contributed by atoms with Crippen molar-refractivity contribution in [2.45, 2.75) is 13.0 Å². The highest BCUT2D eigenvalue weighted by molar-refractivity contribution is 6.30. The van der Waals surface area contributed by atoms with Crippen molar-refractivity contribution in [1.29, 1.82) is 0 Å².